The van der Waals surface area contributed by atoms with Crippen molar-refractivity contribution in [3.8, 4) is 0 Å². The fourth-order valence-corrected chi connectivity index (χ4v) is 2.00. The fraction of sp³-hybridized carbons (Fsp3) is 0.214. The average molecular weight is 225 g/mol. The third-order valence-electron chi connectivity index (χ3n) is 3.04. The minimum absolute atomic E-state index is 0.458. The molecule has 17 heavy (non-hydrogen) atoms. The molecule has 1 aliphatic carbocycles. The van der Waals surface area contributed by atoms with Crippen molar-refractivity contribution < 1.29 is 0 Å². The van der Waals surface area contributed by atoms with Crippen molar-refractivity contribution in [3.63, 3.8) is 0 Å². The van der Waals surface area contributed by atoms with Crippen LogP contribution < -0.4 is 11.3 Å². The number of nitrogens with zero attached hydrogens (tertiary/aromatic N) is 1. The highest BCUT2D eigenvalue weighted by molar-refractivity contribution is 6.09. The van der Waals surface area contributed by atoms with Gasteiger partial charge in [0.15, 0.2) is 0 Å². The molecule has 0 heterocycles. The van der Waals surface area contributed by atoms with Crippen LogP contribution in [0, 0.1) is 0 Å². The summed E-state index contributed by atoms with van der Waals surface area (Å²) in [6.45, 7) is 0. The van der Waals surface area contributed by atoms with Gasteiger partial charge in [-0.25, -0.2) is 5.84 Å². The summed E-state index contributed by atoms with van der Waals surface area (Å²) in [4.78, 5) is 4.61. The van der Waals surface area contributed by atoms with E-state index in [-0.39, 0.29) is 0 Å². The smallest absolute Gasteiger partial charge is 0.143 e. The number of hydrogen-bond donors (Lipinski definition) is 2. The zero-order chi connectivity index (χ0) is 11.7. The first kappa shape index (κ1) is 10.3. The van der Waals surface area contributed by atoms with Crippen LogP contribution in [0.3, 0.4) is 0 Å². The second-order valence-corrected chi connectivity index (χ2v) is 4.38. The molecule has 1 aliphatic rings. The number of nitrogens with two attached hydrogens (primary N) is 1. The second kappa shape index (κ2) is 4.18. The van der Waals surface area contributed by atoms with E-state index in [9.17, 15) is 0 Å². The van der Waals surface area contributed by atoms with Crippen LogP contribution in [0.4, 0.5) is 0 Å². The van der Waals surface area contributed by atoms with Crippen LogP contribution in [0.1, 0.15) is 18.4 Å². The van der Waals surface area contributed by atoms with Gasteiger partial charge in [-0.3, -0.25) is 4.99 Å². The maximum absolute atomic E-state index is 5.59. The molecule has 0 saturated heterocycles. The first-order chi connectivity index (χ1) is 8.38. The molecule has 3 rings (SSSR count). The summed E-state index contributed by atoms with van der Waals surface area (Å²) in [5, 5.41) is 2.40. The van der Waals surface area contributed by atoms with E-state index < -0.39 is 0 Å². The lowest BCUT2D eigenvalue weighted by atomic mass is 10.0. The fourth-order valence-electron chi connectivity index (χ4n) is 2.00. The minimum atomic E-state index is 0.458. The van der Waals surface area contributed by atoms with E-state index in [1.807, 2.05) is 18.2 Å². The summed E-state index contributed by atoms with van der Waals surface area (Å²) in [7, 11) is 0. The number of hydrazine groups is 1. The van der Waals surface area contributed by atoms with Gasteiger partial charge in [-0.05, 0) is 23.6 Å². The van der Waals surface area contributed by atoms with Gasteiger partial charge in [-0.1, -0.05) is 42.5 Å². The molecule has 0 aliphatic heterocycles. The van der Waals surface area contributed by atoms with Crippen LogP contribution in [0.15, 0.2) is 47.5 Å². The lowest BCUT2D eigenvalue weighted by Crippen LogP contribution is -2.31. The number of rotatable bonds is 2. The predicted molar refractivity (Wildman–Crippen MR) is 70.8 cm³/mol. The molecule has 3 nitrogen and oxygen atoms in total. The van der Waals surface area contributed by atoms with Gasteiger partial charge >= 0.3 is 0 Å². The molecule has 1 fully saturated rings. The highest BCUT2D eigenvalue weighted by Crippen LogP contribution is 2.25. The Bertz CT molecular complexity index is 565. The number of aliphatic imine (C=N–C) groups is 1. The Hall–Kier alpha value is -1.87. The molecule has 3 heteroatoms. The molecule has 3 N–H and O–H groups in total. The summed E-state index contributed by atoms with van der Waals surface area (Å²) < 4.78 is 0. The SMILES string of the molecule is NNC(=NC1CC1)c1cccc2ccccc12. The Labute approximate surface area is 100 Å². The molecule has 2 aromatic rings. The lowest BCUT2D eigenvalue weighted by molar-refractivity contribution is 0.973. The molecular formula is C14H15N3. The van der Waals surface area contributed by atoms with E-state index in [2.05, 4.69) is 34.7 Å². The summed E-state index contributed by atoms with van der Waals surface area (Å²) in [5.74, 6) is 6.39. The van der Waals surface area contributed by atoms with Crippen LogP contribution in [-0.2, 0) is 0 Å². The topological polar surface area (TPSA) is 50.4 Å². The maximum Gasteiger partial charge on any atom is 0.143 e. The third kappa shape index (κ3) is 2.01. The highest BCUT2D eigenvalue weighted by atomic mass is 15.3. The Balaban J connectivity index is 2.15. The van der Waals surface area contributed by atoms with Gasteiger partial charge in [0, 0.05) is 5.56 Å². The zero-order valence-corrected chi connectivity index (χ0v) is 9.56. The van der Waals surface area contributed by atoms with Crippen LogP contribution >= 0.6 is 0 Å². The van der Waals surface area contributed by atoms with Gasteiger partial charge in [0.1, 0.15) is 5.84 Å². The Morgan fingerprint density at radius 3 is 2.65 bits per heavy atom. The van der Waals surface area contributed by atoms with Crippen molar-refractivity contribution >= 4 is 16.6 Å². The van der Waals surface area contributed by atoms with Crippen LogP contribution in [0.5, 0.6) is 0 Å². The molecule has 0 spiro atoms. The van der Waals surface area contributed by atoms with E-state index in [4.69, 9.17) is 5.84 Å². The monoisotopic (exact) mass is 225 g/mol. The maximum atomic E-state index is 5.59. The van der Waals surface area contributed by atoms with E-state index in [1.54, 1.807) is 0 Å². The van der Waals surface area contributed by atoms with Crippen molar-refractivity contribution in [3.05, 3.63) is 48.0 Å². The van der Waals surface area contributed by atoms with Crippen molar-refractivity contribution in [1.29, 1.82) is 0 Å². The van der Waals surface area contributed by atoms with Gasteiger partial charge < -0.3 is 5.43 Å². The Kier molecular flexibility index (Phi) is 2.53. The van der Waals surface area contributed by atoms with E-state index in [0.717, 1.165) is 11.4 Å². The molecule has 86 valence electrons. The highest BCUT2D eigenvalue weighted by Gasteiger charge is 2.21. The van der Waals surface area contributed by atoms with Crippen LogP contribution in [-0.4, -0.2) is 11.9 Å². The molecule has 0 amide bonds. The number of fused-ring (bicyclic) bond motifs is 1. The third-order valence-corrected chi connectivity index (χ3v) is 3.04. The molecule has 0 unspecified atom stereocenters. The largest absolute Gasteiger partial charge is 0.308 e. The predicted octanol–water partition coefficient (Wildman–Crippen LogP) is 2.21. The van der Waals surface area contributed by atoms with Crippen LogP contribution in [0.2, 0.25) is 0 Å². The van der Waals surface area contributed by atoms with Gasteiger partial charge in [-0.2, -0.15) is 0 Å². The van der Waals surface area contributed by atoms with Gasteiger partial charge in [0.25, 0.3) is 0 Å². The zero-order valence-electron chi connectivity index (χ0n) is 9.56. The van der Waals surface area contributed by atoms with Gasteiger partial charge in [0.2, 0.25) is 0 Å². The van der Waals surface area contributed by atoms with Crippen molar-refractivity contribution in [2.75, 3.05) is 0 Å². The molecule has 0 aromatic heterocycles. The first-order valence-corrected chi connectivity index (χ1v) is 5.91. The molecule has 0 atom stereocenters. The van der Waals surface area contributed by atoms with Crippen molar-refractivity contribution in [2.45, 2.75) is 18.9 Å². The Morgan fingerprint density at radius 1 is 1.12 bits per heavy atom. The quantitative estimate of drug-likeness (QED) is 0.356. The second-order valence-electron chi connectivity index (χ2n) is 4.38. The van der Waals surface area contributed by atoms with Gasteiger partial charge in [-0.15, -0.1) is 0 Å². The Morgan fingerprint density at radius 2 is 1.88 bits per heavy atom. The normalized spacial score (nSPS) is 16.2. The standard InChI is InChI=1S/C14H15N3/c15-17-14(16-11-8-9-11)13-7-3-5-10-4-1-2-6-12(10)13/h1-7,11H,8-9,15H2,(H,16,17). The van der Waals surface area contributed by atoms with Crippen LogP contribution in [0.25, 0.3) is 10.8 Å². The molecule has 0 bridgehead atoms. The van der Waals surface area contributed by atoms with E-state index >= 15 is 0 Å². The lowest BCUT2D eigenvalue weighted by Gasteiger charge is -2.09. The van der Waals surface area contributed by atoms with Gasteiger partial charge in [0.05, 0.1) is 6.04 Å². The molecule has 0 radical (unpaired) electrons. The summed E-state index contributed by atoms with van der Waals surface area (Å²) in [6.07, 6.45) is 2.35. The molecular weight excluding hydrogens is 210 g/mol. The average Bonchev–Trinajstić information content (AvgIpc) is 3.19. The summed E-state index contributed by atoms with van der Waals surface area (Å²) >= 11 is 0. The van der Waals surface area contributed by atoms with Crippen molar-refractivity contribution in [2.24, 2.45) is 10.8 Å². The molecule has 2 aromatic carbocycles. The van der Waals surface area contributed by atoms with Crippen molar-refractivity contribution in [1.82, 2.24) is 5.43 Å². The number of benzene rings is 2. The van der Waals surface area contributed by atoms with E-state index in [0.29, 0.717) is 6.04 Å². The number of amidine groups is 1. The van der Waals surface area contributed by atoms with E-state index in [1.165, 1.54) is 23.6 Å². The molecule has 1 saturated carbocycles. The summed E-state index contributed by atoms with van der Waals surface area (Å²) in [5.41, 5.74) is 3.81. The first-order valence-electron chi connectivity index (χ1n) is 5.91. The number of hydrogen-bond acceptors (Lipinski definition) is 2. The minimum Gasteiger partial charge on any atom is -0.308 e. The number of nitrogens with one attached hydrogen (secondary N) is 1. The summed E-state index contributed by atoms with van der Waals surface area (Å²) in [6, 6.07) is 14.9.